The van der Waals surface area contributed by atoms with E-state index in [1.165, 1.54) is 40.7 Å². The minimum atomic E-state index is 0. The molecule has 116 valence electrons. The van der Waals surface area contributed by atoms with E-state index < -0.39 is 0 Å². The molecule has 0 amide bonds. The maximum absolute atomic E-state index is 6.18. The Morgan fingerprint density at radius 1 is 0.955 bits per heavy atom. The topological polar surface area (TPSA) is 56.0 Å². The Balaban J connectivity index is 0.00000106. The van der Waals surface area contributed by atoms with E-state index in [4.69, 9.17) is 5.73 Å². The van der Waals surface area contributed by atoms with E-state index >= 15 is 0 Å². The molecular formula is C19H28KNO. The second-order valence-electron chi connectivity index (χ2n) is 5.58. The van der Waals surface area contributed by atoms with Crippen molar-refractivity contribution >= 4 is 12.2 Å². The first-order valence-electron chi connectivity index (χ1n) is 7.92. The summed E-state index contributed by atoms with van der Waals surface area (Å²) in [5.41, 5.74) is 15.0. The van der Waals surface area contributed by atoms with Gasteiger partial charge in [0.05, 0.1) is 0 Å². The molecule has 0 aromatic heterocycles. The summed E-state index contributed by atoms with van der Waals surface area (Å²) in [6.07, 6.45) is 13.5. The van der Waals surface area contributed by atoms with Crippen LogP contribution in [0.1, 0.15) is 60.1 Å². The van der Waals surface area contributed by atoms with Gasteiger partial charge in [-0.2, -0.15) is 0 Å². The Morgan fingerprint density at radius 3 is 2.23 bits per heavy atom. The van der Waals surface area contributed by atoms with Crippen molar-refractivity contribution in [1.82, 2.24) is 0 Å². The second-order valence-corrected chi connectivity index (χ2v) is 5.58. The molecule has 0 heterocycles. The summed E-state index contributed by atoms with van der Waals surface area (Å²) >= 11 is 0. The molecule has 3 rings (SSSR count). The SMILES string of the molecule is CC.Cc1c2c(c(C)c3c1C=CCC(N)C3)CCC=C2.[K+].[OH-]. The minimum absolute atomic E-state index is 0. The molecule has 0 spiro atoms. The van der Waals surface area contributed by atoms with Gasteiger partial charge in [-0.25, -0.2) is 0 Å². The van der Waals surface area contributed by atoms with Gasteiger partial charge in [0, 0.05) is 6.04 Å². The normalized spacial score (nSPS) is 17.8. The zero-order valence-corrected chi connectivity index (χ0v) is 17.9. The summed E-state index contributed by atoms with van der Waals surface area (Å²) in [6, 6.07) is 0.276. The van der Waals surface area contributed by atoms with Crippen LogP contribution in [0.25, 0.3) is 12.2 Å². The van der Waals surface area contributed by atoms with Gasteiger partial charge in [0.25, 0.3) is 0 Å². The quantitative estimate of drug-likeness (QED) is 0.733. The Hall–Kier alpha value is 0.256. The smallest absolute Gasteiger partial charge is 0.870 e. The molecule has 1 aromatic carbocycles. The van der Waals surface area contributed by atoms with Gasteiger partial charge < -0.3 is 11.2 Å². The van der Waals surface area contributed by atoms with Gasteiger partial charge in [0.15, 0.2) is 0 Å². The molecule has 2 aliphatic carbocycles. The average Bonchev–Trinajstić information content (AvgIpc) is 2.69. The van der Waals surface area contributed by atoms with Crippen molar-refractivity contribution in [3.63, 3.8) is 0 Å². The van der Waals surface area contributed by atoms with Crippen LogP contribution in [0.3, 0.4) is 0 Å². The van der Waals surface area contributed by atoms with Gasteiger partial charge in [-0.15, -0.1) is 0 Å². The number of rotatable bonds is 0. The third-order valence-electron chi connectivity index (χ3n) is 4.40. The fourth-order valence-corrected chi connectivity index (χ4v) is 3.36. The Kier molecular flexibility index (Phi) is 10.3. The summed E-state index contributed by atoms with van der Waals surface area (Å²) in [4.78, 5) is 0. The molecule has 1 atom stereocenters. The minimum Gasteiger partial charge on any atom is -0.870 e. The van der Waals surface area contributed by atoms with Crippen LogP contribution in [0, 0.1) is 13.8 Å². The average molecular weight is 326 g/mol. The second kappa shape index (κ2) is 10.2. The zero-order chi connectivity index (χ0) is 14.7. The van der Waals surface area contributed by atoms with E-state index in [2.05, 4.69) is 38.2 Å². The van der Waals surface area contributed by atoms with E-state index in [1.54, 1.807) is 5.56 Å². The van der Waals surface area contributed by atoms with Crippen LogP contribution in [-0.2, 0) is 12.8 Å². The van der Waals surface area contributed by atoms with Crippen molar-refractivity contribution < 1.29 is 56.9 Å². The summed E-state index contributed by atoms with van der Waals surface area (Å²) in [5, 5.41) is 0. The molecule has 0 radical (unpaired) electrons. The molecule has 0 saturated carbocycles. The van der Waals surface area contributed by atoms with Gasteiger partial charge in [0.2, 0.25) is 0 Å². The van der Waals surface area contributed by atoms with Crippen LogP contribution < -0.4 is 57.1 Å². The standard InChI is InChI=1S/C17H21N.C2H6.K.H2O/c1-11-14-7-3-4-8-15(14)12(2)17-10-13(18)6-5-9-16(11)17;1-2;;/h3,5,7,9,13H,4,6,8,10,18H2,1-2H3;1-2H3;;1H2/q;;+1;/p-1. The molecule has 0 fully saturated rings. The number of benzene rings is 1. The van der Waals surface area contributed by atoms with Gasteiger partial charge in [-0.3, -0.25) is 0 Å². The van der Waals surface area contributed by atoms with E-state index in [0.29, 0.717) is 0 Å². The summed E-state index contributed by atoms with van der Waals surface area (Å²) in [5.74, 6) is 0. The predicted octanol–water partition coefficient (Wildman–Crippen LogP) is 1.40. The van der Waals surface area contributed by atoms with Crippen LogP contribution in [0.15, 0.2) is 12.2 Å². The molecule has 1 aromatic rings. The summed E-state index contributed by atoms with van der Waals surface area (Å²) in [7, 11) is 0. The van der Waals surface area contributed by atoms with Gasteiger partial charge in [-0.05, 0) is 72.9 Å². The van der Waals surface area contributed by atoms with Crippen molar-refractivity contribution in [2.75, 3.05) is 0 Å². The van der Waals surface area contributed by atoms with Crippen LogP contribution in [0.5, 0.6) is 0 Å². The van der Waals surface area contributed by atoms with Crippen molar-refractivity contribution in [2.45, 2.75) is 59.4 Å². The summed E-state index contributed by atoms with van der Waals surface area (Å²) < 4.78 is 0. The van der Waals surface area contributed by atoms with Crippen molar-refractivity contribution in [2.24, 2.45) is 5.73 Å². The predicted molar refractivity (Wildman–Crippen MR) is 91.9 cm³/mol. The fraction of sp³-hybridized carbons (Fsp3) is 0.474. The van der Waals surface area contributed by atoms with Crippen molar-refractivity contribution in [1.29, 1.82) is 0 Å². The first-order valence-corrected chi connectivity index (χ1v) is 7.92. The molecule has 1 unspecified atom stereocenters. The van der Waals surface area contributed by atoms with Crippen LogP contribution in [0.4, 0.5) is 0 Å². The number of allylic oxidation sites excluding steroid dienone is 1. The van der Waals surface area contributed by atoms with Gasteiger partial charge in [0.1, 0.15) is 0 Å². The van der Waals surface area contributed by atoms with E-state index in [9.17, 15) is 0 Å². The maximum atomic E-state index is 6.18. The Labute approximate surface area is 178 Å². The third-order valence-corrected chi connectivity index (χ3v) is 4.40. The number of nitrogens with two attached hydrogens (primary N) is 1. The van der Waals surface area contributed by atoms with Crippen molar-refractivity contribution in [3.05, 3.63) is 45.5 Å². The molecule has 2 aliphatic rings. The van der Waals surface area contributed by atoms with Crippen LogP contribution in [-0.4, -0.2) is 11.5 Å². The number of hydrogen-bond donors (Lipinski definition) is 1. The van der Waals surface area contributed by atoms with Crippen LogP contribution >= 0.6 is 0 Å². The molecule has 3 N–H and O–H groups in total. The molecule has 3 heteroatoms. The molecule has 0 saturated heterocycles. The first kappa shape index (κ1) is 22.3. The monoisotopic (exact) mass is 325 g/mol. The molecule has 22 heavy (non-hydrogen) atoms. The Bertz CT molecular complexity index is 561. The molecular weight excluding hydrogens is 297 g/mol. The molecule has 2 nitrogen and oxygen atoms in total. The van der Waals surface area contributed by atoms with Gasteiger partial charge >= 0.3 is 51.4 Å². The first-order chi connectivity index (χ1) is 9.68. The zero-order valence-electron chi connectivity index (χ0n) is 14.7. The molecule has 0 bridgehead atoms. The summed E-state index contributed by atoms with van der Waals surface area (Å²) in [6.45, 7) is 8.54. The fourth-order valence-electron chi connectivity index (χ4n) is 3.36. The van der Waals surface area contributed by atoms with Gasteiger partial charge in [-0.1, -0.05) is 38.2 Å². The maximum Gasteiger partial charge on any atom is 1.00 e. The van der Waals surface area contributed by atoms with Crippen LogP contribution in [0.2, 0.25) is 0 Å². The third kappa shape index (κ3) is 4.41. The molecule has 0 aliphatic heterocycles. The number of hydrogen-bond acceptors (Lipinski definition) is 2. The van der Waals surface area contributed by atoms with E-state index in [0.717, 1.165) is 12.8 Å². The van der Waals surface area contributed by atoms with Crippen molar-refractivity contribution in [3.8, 4) is 0 Å². The van der Waals surface area contributed by atoms with E-state index in [1.807, 2.05) is 13.8 Å². The largest absolute Gasteiger partial charge is 1.00 e. The number of fused-ring (bicyclic) bond motifs is 2. The Morgan fingerprint density at radius 2 is 1.55 bits per heavy atom. The van der Waals surface area contributed by atoms with E-state index in [-0.39, 0.29) is 62.9 Å².